The molecule has 0 aliphatic heterocycles. The number of rotatable bonds is 6. The molecule has 0 saturated carbocycles. The van der Waals surface area contributed by atoms with Crippen LogP contribution in [0.4, 0.5) is 0 Å². The molecule has 0 heterocycles. The Balaban J connectivity index is 4.02. The summed E-state index contributed by atoms with van der Waals surface area (Å²) in [7, 11) is 0. The number of hydrogen-bond acceptors (Lipinski definition) is 0. The second kappa shape index (κ2) is 6.05. The molecular formula is C12H22. The average molecular weight is 166 g/mol. The fourth-order valence-electron chi connectivity index (χ4n) is 1.19. The first-order valence-electron chi connectivity index (χ1n) is 4.97. The maximum atomic E-state index is 3.79. The third kappa shape index (κ3) is 4.38. The first-order valence-corrected chi connectivity index (χ1v) is 4.97. The lowest BCUT2D eigenvalue weighted by Gasteiger charge is -2.22. The monoisotopic (exact) mass is 166 g/mol. The van der Waals surface area contributed by atoms with Gasteiger partial charge in [-0.25, -0.2) is 0 Å². The zero-order chi connectivity index (χ0) is 9.45. The van der Waals surface area contributed by atoms with E-state index in [4.69, 9.17) is 0 Å². The van der Waals surface area contributed by atoms with Crippen LogP contribution < -0.4 is 0 Å². The lowest BCUT2D eigenvalue weighted by molar-refractivity contribution is 0.416. The fraction of sp³-hybridized carbons (Fsp3) is 0.667. The Labute approximate surface area is 77.4 Å². The van der Waals surface area contributed by atoms with Crippen LogP contribution in [0.25, 0.3) is 0 Å². The van der Waals surface area contributed by atoms with Gasteiger partial charge in [0.05, 0.1) is 0 Å². The lowest BCUT2D eigenvalue weighted by Crippen LogP contribution is -2.09. The molecule has 0 aromatic rings. The zero-order valence-corrected chi connectivity index (χ0v) is 8.77. The first-order chi connectivity index (χ1) is 5.68. The van der Waals surface area contributed by atoms with Crippen LogP contribution >= 0.6 is 0 Å². The normalized spacial score (nSPS) is 16.2. The Bertz CT molecular complexity index is 144. The van der Waals surface area contributed by atoms with Crippen molar-refractivity contribution in [1.82, 2.24) is 0 Å². The minimum atomic E-state index is 0.344. The topological polar surface area (TPSA) is 0 Å². The van der Waals surface area contributed by atoms with Crippen molar-refractivity contribution in [2.45, 2.75) is 46.5 Å². The third-order valence-corrected chi connectivity index (χ3v) is 2.39. The molecule has 0 radical (unpaired) electrons. The van der Waals surface area contributed by atoms with E-state index >= 15 is 0 Å². The van der Waals surface area contributed by atoms with Gasteiger partial charge in [0.2, 0.25) is 0 Å². The molecule has 0 N–H and O–H groups in total. The van der Waals surface area contributed by atoms with Crippen molar-refractivity contribution in [3.05, 3.63) is 24.8 Å². The van der Waals surface area contributed by atoms with Crippen molar-refractivity contribution in [1.29, 1.82) is 0 Å². The highest BCUT2D eigenvalue weighted by atomic mass is 14.2. The molecule has 0 nitrogen and oxygen atoms in total. The van der Waals surface area contributed by atoms with Gasteiger partial charge in [-0.15, -0.1) is 6.58 Å². The van der Waals surface area contributed by atoms with E-state index in [1.807, 2.05) is 6.08 Å². The molecule has 0 saturated heterocycles. The summed E-state index contributed by atoms with van der Waals surface area (Å²) in [5, 5.41) is 0. The standard InChI is InChI=1S/C12H22/c1-5-8-9-11-12(4,7-3)10-6-2/h6,9,11H,2,5,7-8,10H2,1,3-4H3. The van der Waals surface area contributed by atoms with Crippen LogP contribution in [0.3, 0.4) is 0 Å². The first kappa shape index (κ1) is 11.5. The molecule has 1 unspecified atom stereocenters. The minimum absolute atomic E-state index is 0.344. The van der Waals surface area contributed by atoms with Gasteiger partial charge < -0.3 is 0 Å². The minimum Gasteiger partial charge on any atom is -0.103 e. The summed E-state index contributed by atoms with van der Waals surface area (Å²) in [6, 6.07) is 0. The number of hydrogen-bond donors (Lipinski definition) is 0. The molecule has 0 bridgehead atoms. The second-order valence-electron chi connectivity index (χ2n) is 3.69. The summed E-state index contributed by atoms with van der Waals surface area (Å²) in [6.45, 7) is 10.5. The molecule has 0 aromatic heterocycles. The van der Waals surface area contributed by atoms with Crippen molar-refractivity contribution in [2.24, 2.45) is 5.41 Å². The Morgan fingerprint density at radius 1 is 1.33 bits per heavy atom. The SMILES string of the molecule is C=CCC(C)(C=CCCC)CC. The van der Waals surface area contributed by atoms with Gasteiger partial charge in [-0.3, -0.25) is 0 Å². The smallest absolute Gasteiger partial charge is 0.0115 e. The van der Waals surface area contributed by atoms with E-state index in [1.165, 1.54) is 19.3 Å². The Morgan fingerprint density at radius 3 is 2.42 bits per heavy atom. The molecule has 0 fully saturated rings. The van der Waals surface area contributed by atoms with E-state index in [2.05, 4.69) is 39.5 Å². The molecule has 0 aromatic carbocycles. The molecular weight excluding hydrogens is 144 g/mol. The van der Waals surface area contributed by atoms with Gasteiger partial charge in [-0.05, 0) is 24.7 Å². The van der Waals surface area contributed by atoms with Crippen LogP contribution in [-0.4, -0.2) is 0 Å². The molecule has 0 aliphatic carbocycles. The van der Waals surface area contributed by atoms with Crippen molar-refractivity contribution < 1.29 is 0 Å². The van der Waals surface area contributed by atoms with Gasteiger partial charge in [0.25, 0.3) is 0 Å². The van der Waals surface area contributed by atoms with Crippen LogP contribution in [0.15, 0.2) is 24.8 Å². The average Bonchev–Trinajstić information content (AvgIpc) is 2.06. The van der Waals surface area contributed by atoms with E-state index in [1.54, 1.807) is 0 Å². The number of unbranched alkanes of at least 4 members (excludes halogenated alkanes) is 1. The van der Waals surface area contributed by atoms with Gasteiger partial charge in [-0.2, -0.15) is 0 Å². The van der Waals surface area contributed by atoms with E-state index in [0.29, 0.717) is 5.41 Å². The zero-order valence-electron chi connectivity index (χ0n) is 8.77. The van der Waals surface area contributed by atoms with Crippen LogP contribution in [0.1, 0.15) is 46.5 Å². The van der Waals surface area contributed by atoms with Gasteiger partial charge in [-0.1, -0.05) is 45.4 Å². The maximum absolute atomic E-state index is 3.79. The predicted molar refractivity (Wildman–Crippen MR) is 57.3 cm³/mol. The van der Waals surface area contributed by atoms with E-state index in [9.17, 15) is 0 Å². The van der Waals surface area contributed by atoms with Crippen LogP contribution in [0.2, 0.25) is 0 Å². The molecule has 70 valence electrons. The molecule has 0 rings (SSSR count). The van der Waals surface area contributed by atoms with Gasteiger partial charge in [0.1, 0.15) is 0 Å². The van der Waals surface area contributed by atoms with Crippen LogP contribution in [0, 0.1) is 5.41 Å². The lowest BCUT2D eigenvalue weighted by atomic mass is 9.83. The molecule has 1 atom stereocenters. The molecule has 12 heavy (non-hydrogen) atoms. The highest BCUT2D eigenvalue weighted by molar-refractivity contribution is 4.99. The fourth-order valence-corrected chi connectivity index (χ4v) is 1.19. The summed E-state index contributed by atoms with van der Waals surface area (Å²) in [6.07, 6.45) is 11.4. The summed E-state index contributed by atoms with van der Waals surface area (Å²) >= 11 is 0. The van der Waals surface area contributed by atoms with Crippen molar-refractivity contribution in [2.75, 3.05) is 0 Å². The summed E-state index contributed by atoms with van der Waals surface area (Å²) in [5.74, 6) is 0. The summed E-state index contributed by atoms with van der Waals surface area (Å²) in [5.41, 5.74) is 0.344. The molecule has 0 aliphatic rings. The number of allylic oxidation sites excluding steroid dienone is 3. The van der Waals surface area contributed by atoms with Gasteiger partial charge in [0.15, 0.2) is 0 Å². The largest absolute Gasteiger partial charge is 0.103 e. The summed E-state index contributed by atoms with van der Waals surface area (Å²) in [4.78, 5) is 0. The molecule has 0 spiro atoms. The highest BCUT2D eigenvalue weighted by Crippen LogP contribution is 2.27. The summed E-state index contributed by atoms with van der Waals surface area (Å²) < 4.78 is 0. The Kier molecular flexibility index (Phi) is 5.79. The Morgan fingerprint density at radius 2 is 2.00 bits per heavy atom. The van der Waals surface area contributed by atoms with Crippen molar-refractivity contribution in [3.8, 4) is 0 Å². The second-order valence-corrected chi connectivity index (χ2v) is 3.69. The van der Waals surface area contributed by atoms with Crippen LogP contribution in [0.5, 0.6) is 0 Å². The van der Waals surface area contributed by atoms with Crippen LogP contribution in [-0.2, 0) is 0 Å². The highest BCUT2D eigenvalue weighted by Gasteiger charge is 2.15. The predicted octanol–water partition coefficient (Wildman–Crippen LogP) is 4.34. The Hall–Kier alpha value is -0.520. The maximum Gasteiger partial charge on any atom is -0.0115 e. The van der Waals surface area contributed by atoms with Gasteiger partial charge in [0, 0.05) is 0 Å². The third-order valence-electron chi connectivity index (χ3n) is 2.39. The quantitative estimate of drug-likeness (QED) is 0.515. The molecule has 0 amide bonds. The van der Waals surface area contributed by atoms with Crippen molar-refractivity contribution >= 4 is 0 Å². The van der Waals surface area contributed by atoms with Crippen molar-refractivity contribution in [3.63, 3.8) is 0 Å². The molecule has 0 heteroatoms. The van der Waals surface area contributed by atoms with Gasteiger partial charge >= 0.3 is 0 Å². The van der Waals surface area contributed by atoms with E-state index in [-0.39, 0.29) is 0 Å². The van der Waals surface area contributed by atoms with E-state index in [0.717, 1.165) is 6.42 Å². The van der Waals surface area contributed by atoms with E-state index < -0.39 is 0 Å².